The van der Waals surface area contributed by atoms with Crippen LogP contribution in [0.25, 0.3) is 0 Å². The van der Waals surface area contributed by atoms with E-state index in [0.29, 0.717) is 0 Å². The first-order chi connectivity index (χ1) is 5.84. The van der Waals surface area contributed by atoms with E-state index >= 15 is 0 Å². The van der Waals surface area contributed by atoms with Crippen molar-refractivity contribution in [1.29, 1.82) is 0 Å². The smallest absolute Gasteiger partial charge is 0.453 e. The molecule has 0 bridgehead atoms. The average molecular weight is 238 g/mol. The molecule has 0 aromatic heterocycles. The molecule has 0 aliphatic carbocycles. The Kier molecular flexibility index (Phi) is 17.8. The normalized spacial score (nSPS) is 13.8. The van der Waals surface area contributed by atoms with Gasteiger partial charge in [0.05, 0.1) is 7.11 Å². The monoisotopic (exact) mass is 238 g/mol. The molecule has 1 heterocycles. The minimum absolute atomic E-state index is 0. The van der Waals surface area contributed by atoms with E-state index in [1.54, 1.807) is 4.90 Å². The van der Waals surface area contributed by atoms with Crippen LogP contribution in [0.3, 0.4) is 0 Å². The second kappa shape index (κ2) is 12.9. The van der Waals surface area contributed by atoms with Crippen LogP contribution in [0.4, 0.5) is 4.79 Å². The van der Waals surface area contributed by atoms with Crippen molar-refractivity contribution >= 4 is 6.09 Å². The van der Waals surface area contributed by atoms with Crippen molar-refractivity contribution in [2.45, 2.75) is 26.7 Å². The average Bonchev–Trinajstić information content (AvgIpc) is 2.21. The molecule has 3 nitrogen and oxygen atoms in total. The van der Waals surface area contributed by atoms with Crippen molar-refractivity contribution in [2.24, 2.45) is 0 Å². The quantitative estimate of drug-likeness (QED) is 0.607. The second-order valence-corrected chi connectivity index (χ2v) is 2.32. The van der Waals surface area contributed by atoms with Crippen molar-refractivity contribution < 1.29 is 28.1 Å². The summed E-state index contributed by atoms with van der Waals surface area (Å²) in [5.41, 5.74) is 0. The van der Waals surface area contributed by atoms with E-state index < -0.39 is 0 Å². The Bertz CT molecular complexity index is 125. The van der Waals surface area contributed by atoms with Gasteiger partial charge in [0.15, 0.2) is 0 Å². The fourth-order valence-corrected chi connectivity index (χ4v) is 1.06. The molecule has 0 spiro atoms. The van der Waals surface area contributed by atoms with Gasteiger partial charge in [0.2, 0.25) is 0 Å². The van der Waals surface area contributed by atoms with E-state index in [1.807, 2.05) is 13.8 Å². The second-order valence-electron chi connectivity index (χ2n) is 2.32. The van der Waals surface area contributed by atoms with Crippen molar-refractivity contribution in [3.63, 3.8) is 0 Å². The summed E-state index contributed by atoms with van der Waals surface area (Å²) in [6, 6.07) is 0. The van der Waals surface area contributed by atoms with Gasteiger partial charge in [-0.15, -0.1) is 0 Å². The molecule has 14 heavy (non-hydrogen) atoms. The molecule has 1 aliphatic rings. The zero-order valence-corrected chi connectivity index (χ0v) is 11.0. The topological polar surface area (TPSA) is 29.5 Å². The molecule has 0 N–H and O–H groups in total. The number of carbonyl (C=O) groups is 1. The Hall–Kier alpha value is -0.146. The fourth-order valence-electron chi connectivity index (χ4n) is 1.06. The van der Waals surface area contributed by atoms with Gasteiger partial charge in [-0.1, -0.05) is 13.8 Å². The summed E-state index contributed by atoms with van der Waals surface area (Å²) in [6.45, 7) is 5.62. The summed E-state index contributed by atoms with van der Waals surface area (Å²) in [6.07, 6.45) is 3.98. The van der Waals surface area contributed by atoms with E-state index in [2.05, 4.69) is 11.2 Å². The maximum absolute atomic E-state index is 10.9. The molecular weight excluding hydrogens is 217 g/mol. The fraction of sp³-hybridized carbons (Fsp3) is 0.700. The minimum atomic E-state index is -0.201. The van der Waals surface area contributed by atoms with Crippen LogP contribution in [0, 0.1) is 13.8 Å². The number of methoxy groups -OCH3 is 1. The van der Waals surface area contributed by atoms with Gasteiger partial charge in [-0.25, -0.2) is 4.79 Å². The number of rotatable bonds is 0. The molecule has 83 valence electrons. The van der Waals surface area contributed by atoms with E-state index in [0.717, 1.165) is 25.9 Å². The predicted octanol–water partition coefficient (Wildman–Crippen LogP) is 2.53. The Morgan fingerprint density at radius 3 is 2.07 bits per heavy atom. The zero-order chi connectivity index (χ0) is 9.40. The Labute approximate surface area is 100 Å². The minimum Gasteiger partial charge on any atom is -0.453 e. The van der Waals surface area contributed by atoms with Gasteiger partial charge in [0.1, 0.15) is 0 Å². The number of hydrogen-bond acceptors (Lipinski definition) is 2. The number of carbonyl (C=O) groups excluding carboxylic acids is 1. The third-order valence-corrected chi connectivity index (χ3v) is 1.64. The standard InChI is InChI=1S/C7H12NO2.C2H6.CH3.V/c1-10-7(9)8-5-3-2-4-6-8;1-2;;/h2H,3-6H2,1H3;1-2H3;1H3;/q-1;;-1;+2. The van der Waals surface area contributed by atoms with Crippen molar-refractivity contribution in [1.82, 2.24) is 4.90 Å². The van der Waals surface area contributed by atoms with E-state index in [1.165, 1.54) is 7.11 Å². The third kappa shape index (κ3) is 7.28. The van der Waals surface area contributed by atoms with Crippen LogP contribution in [0.5, 0.6) is 0 Å². The first-order valence-electron chi connectivity index (χ1n) is 4.49. The first kappa shape index (κ1) is 19.4. The number of nitrogens with zero attached hydrogens (tertiary/aromatic N) is 1. The molecule has 1 rings (SSSR count). The maximum atomic E-state index is 10.9. The summed E-state index contributed by atoms with van der Waals surface area (Å²) in [5, 5.41) is 0. The Balaban J connectivity index is -0.000000284. The third-order valence-electron chi connectivity index (χ3n) is 1.64. The van der Waals surface area contributed by atoms with Crippen LogP contribution < -0.4 is 0 Å². The molecular formula is C10H21NO2V. The van der Waals surface area contributed by atoms with Gasteiger partial charge in [-0.2, -0.15) is 12.8 Å². The molecule has 1 amide bonds. The Morgan fingerprint density at radius 2 is 1.71 bits per heavy atom. The molecule has 0 unspecified atom stereocenters. The zero-order valence-electron chi connectivity index (χ0n) is 9.62. The molecule has 1 radical (unpaired) electrons. The van der Waals surface area contributed by atoms with Crippen molar-refractivity contribution in [2.75, 3.05) is 20.2 Å². The van der Waals surface area contributed by atoms with Crippen LogP contribution in [0.15, 0.2) is 0 Å². The van der Waals surface area contributed by atoms with Gasteiger partial charge < -0.3 is 23.5 Å². The molecule has 1 saturated heterocycles. The van der Waals surface area contributed by atoms with Gasteiger partial charge in [0, 0.05) is 0 Å². The number of ether oxygens (including phenoxy) is 1. The summed E-state index contributed by atoms with van der Waals surface area (Å²) in [4.78, 5) is 12.6. The van der Waals surface area contributed by atoms with E-state index in [4.69, 9.17) is 0 Å². The summed E-state index contributed by atoms with van der Waals surface area (Å²) in [5.74, 6) is 0. The van der Waals surface area contributed by atoms with Gasteiger partial charge >= 0.3 is 24.6 Å². The summed E-state index contributed by atoms with van der Waals surface area (Å²) in [7, 11) is 1.42. The molecule has 1 aliphatic heterocycles. The Morgan fingerprint density at radius 1 is 1.29 bits per heavy atom. The van der Waals surface area contributed by atoms with Crippen LogP contribution in [0.1, 0.15) is 26.7 Å². The van der Waals surface area contributed by atoms with Gasteiger partial charge in [0.25, 0.3) is 0 Å². The van der Waals surface area contributed by atoms with Gasteiger partial charge in [-0.3, -0.25) is 0 Å². The summed E-state index contributed by atoms with van der Waals surface area (Å²) < 4.78 is 4.56. The summed E-state index contributed by atoms with van der Waals surface area (Å²) >= 11 is 0. The molecule has 0 aromatic rings. The maximum Gasteiger partial charge on any atom is 2.00 e. The predicted molar refractivity (Wildman–Crippen MR) is 55.3 cm³/mol. The SMILES string of the molecule is CC.COC(=O)N1CC[CH-]CC1.[CH3-].[V+2]. The molecule has 0 aromatic carbocycles. The van der Waals surface area contributed by atoms with Crippen molar-refractivity contribution in [3.05, 3.63) is 13.8 Å². The van der Waals surface area contributed by atoms with Crippen LogP contribution in [-0.2, 0) is 23.3 Å². The number of piperidine rings is 1. The molecule has 4 heteroatoms. The molecule has 0 atom stereocenters. The van der Waals surface area contributed by atoms with Crippen molar-refractivity contribution in [3.8, 4) is 0 Å². The van der Waals surface area contributed by atoms with Crippen LogP contribution in [0.2, 0.25) is 0 Å². The molecule has 0 saturated carbocycles. The largest absolute Gasteiger partial charge is 2.00 e. The molecule has 1 fully saturated rings. The number of likely N-dealkylation sites (tertiary alicyclic amines) is 1. The van der Waals surface area contributed by atoms with E-state index in [-0.39, 0.29) is 32.1 Å². The van der Waals surface area contributed by atoms with Gasteiger partial charge in [-0.05, 0) is 13.1 Å². The number of hydrogen-bond donors (Lipinski definition) is 0. The van der Waals surface area contributed by atoms with Crippen LogP contribution >= 0.6 is 0 Å². The van der Waals surface area contributed by atoms with Crippen LogP contribution in [-0.4, -0.2) is 31.2 Å². The van der Waals surface area contributed by atoms with E-state index in [9.17, 15) is 4.79 Å². The number of amides is 1. The first-order valence-corrected chi connectivity index (χ1v) is 4.49.